The normalized spacial score (nSPS) is 17.4. The van der Waals surface area contributed by atoms with Gasteiger partial charge in [0.25, 0.3) is 0 Å². The first kappa shape index (κ1) is 17.0. The summed E-state index contributed by atoms with van der Waals surface area (Å²) >= 11 is 3.25. The van der Waals surface area contributed by atoms with Crippen LogP contribution in [-0.2, 0) is 12.6 Å². The van der Waals surface area contributed by atoms with Gasteiger partial charge in [-0.1, -0.05) is 22.0 Å². The highest BCUT2D eigenvalue weighted by molar-refractivity contribution is 9.10. The number of halogens is 4. The highest BCUT2D eigenvalue weighted by atomic mass is 79.9. The first-order valence-corrected chi connectivity index (χ1v) is 8.29. The molecule has 0 heterocycles. The summed E-state index contributed by atoms with van der Waals surface area (Å²) in [6.45, 7) is 0. The summed E-state index contributed by atoms with van der Waals surface area (Å²) in [5.41, 5.74) is 0.557. The van der Waals surface area contributed by atoms with E-state index in [4.69, 9.17) is 0 Å². The molecule has 0 saturated carbocycles. The standard InChI is InChI=1S/C18H14BrF3O2/c19-12-6-7-16(23)15(9-12)17(24)13-3-1-2-10-4-5-11(8-14(10)13)18(20,21)22/h4-9,13,23H,1-3H2. The van der Waals surface area contributed by atoms with E-state index in [9.17, 15) is 23.1 Å². The zero-order valence-electron chi connectivity index (χ0n) is 12.5. The Labute approximate surface area is 145 Å². The molecule has 0 radical (unpaired) electrons. The minimum Gasteiger partial charge on any atom is -0.507 e. The van der Waals surface area contributed by atoms with Crippen LogP contribution in [0.15, 0.2) is 40.9 Å². The fraction of sp³-hybridized carbons (Fsp3) is 0.278. The zero-order valence-corrected chi connectivity index (χ0v) is 14.1. The van der Waals surface area contributed by atoms with Gasteiger partial charge in [-0.05, 0) is 60.7 Å². The van der Waals surface area contributed by atoms with Crippen molar-refractivity contribution < 1.29 is 23.1 Å². The molecule has 1 N–H and O–H groups in total. The summed E-state index contributed by atoms with van der Waals surface area (Å²) in [4.78, 5) is 12.8. The van der Waals surface area contributed by atoms with E-state index in [2.05, 4.69) is 15.9 Å². The highest BCUT2D eigenvalue weighted by Gasteiger charge is 2.34. The van der Waals surface area contributed by atoms with Crippen LogP contribution < -0.4 is 0 Å². The first-order chi connectivity index (χ1) is 11.3. The van der Waals surface area contributed by atoms with E-state index in [1.807, 2.05) is 0 Å². The quantitative estimate of drug-likeness (QED) is 0.680. The van der Waals surface area contributed by atoms with Gasteiger partial charge in [0.15, 0.2) is 5.78 Å². The number of hydrogen-bond donors (Lipinski definition) is 1. The number of alkyl halides is 3. The third-order valence-corrected chi connectivity index (χ3v) is 4.82. The van der Waals surface area contributed by atoms with Crippen LogP contribution in [0.2, 0.25) is 0 Å². The van der Waals surface area contributed by atoms with Gasteiger partial charge in [0.2, 0.25) is 0 Å². The molecule has 0 spiro atoms. The maximum atomic E-state index is 13.0. The second kappa shape index (κ2) is 6.24. The van der Waals surface area contributed by atoms with Crippen LogP contribution in [0, 0.1) is 0 Å². The Bertz CT molecular complexity index is 799. The molecule has 6 heteroatoms. The topological polar surface area (TPSA) is 37.3 Å². The summed E-state index contributed by atoms with van der Waals surface area (Å²) in [5.74, 6) is -1.19. The molecule has 2 aromatic carbocycles. The molecular formula is C18H14BrF3O2. The molecule has 1 aliphatic carbocycles. The number of phenols is 1. The summed E-state index contributed by atoms with van der Waals surface area (Å²) in [6, 6.07) is 8.09. The predicted molar refractivity (Wildman–Crippen MR) is 87.3 cm³/mol. The lowest BCUT2D eigenvalue weighted by molar-refractivity contribution is -0.137. The zero-order chi connectivity index (χ0) is 17.5. The van der Waals surface area contributed by atoms with E-state index in [-0.39, 0.29) is 17.1 Å². The predicted octanol–water partition coefficient (Wildman–Crippen LogP) is 5.48. The van der Waals surface area contributed by atoms with E-state index < -0.39 is 17.7 Å². The molecule has 0 saturated heterocycles. The molecular weight excluding hydrogens is 385 g/mol. The Morgan fingerprint density at radius 2 is 1.92 bits per heavy atom. The lowest BCUT2D eigenvalue weighted by atomic mass is 9.78. The van der Waals surface area contributed by atoms with Gasteiger partial charge in [-0.3, -0.25) is 4.79 Å². The minimum atomic E-state index is -4.45. The van der Waals surface area contributed by atoms with Crippen molar-refractivity contribution in [3.8, 4) is 5.75 Å². The van der Waals surface area contributed by atoms with Gasteiger partial charge in [-0.2, -0.15) is 13.2 Å². The number of carbonyl (C=O) groups is 1. The van der Waals surface area contributed by atoms with E-state index in [1.54, 1.807) is 6.07 Å². The Morgan fingerprint density at radius 3 is 2.62 bits per heavy atom. The summed E-state index contributed by atoms with van der Waals surface area (Å²) < 4.78 is 39.6. The third-order valence-electron chi connectivity index (χ3n) is 4.33. The molecule has 0 bridgehead atoms. The fourth-order valence-corrected chi connectivity index (χ4v) is 3.50. The van der Waals surface area contributed by atoms with Crippen LogP contribution in [-0.4, -0.2) is 10.9 Å². The van der Waals surface area contributed by atoms with Gasteiger partial charge in [0.1, 0.15) is 5.75 Å². The number of aryl methyl sites for hydroxylation is 1. The number of aromatic hydroxyl groups is 1. The maximum absolute atomic E-state index is 13.0. The molecule has 0 aromatic heterocycles. The van der Waals surface area contributed by atoms with Crippen LogP contribution >= 0.6 is 15.9 Å². The summed E-state index contributed by atoms with van der Waals surface area (Å²) in [6.07, 6.45) is -2.59. The first-order valence-electron chi connectivity index (χ1n) is 7.50. The number of ketones is 1. The van der Waals surface area contributed by atoms with Crippen molar-refractivity contribution in [2.45, 2.75) is 31.4 Å². The molecule has 126 valence electrons. The molecule has 0 aliphatic heterocycles. The van der Waals surface area contributed by atoms with Gasteiger partial charge in [0, 0.05) is 10.4 Å². The van der Waals surface area contributed by atoms with Gasteiger partial charge in [-0.25, -0.2) is 0 Å². The number of hydrogen-bond acceptors (Lipinski definition) is 2. The van der Waals surface area contributed by atoms with E-state index in [1.165, 1.54) is 18.2 Å². The van der Waals surface area contributed by atoms with Crippen molar-refractivity contribution >= 4 is 21.7 Å². The van der Waals surface area contributed by atoms with Crippen LogP contribution in [0.3, 0.4) is 0 Å². The van der Waals surface area contributed by atoms with Gasteiger partial charge in [0.05, 0.1) is 11.1 Å². The number of rotatable bonds is 2. The molecule has 24 heavy (non-hydrogen) atoms. The van der Waals surface area contributed by atoms with Gasteiger partial charge < -0.3 is 5.11 Å². The van der Waals surface area contributed by atoms with Gasteiger partial charge >= 0.3 is 6.18 Å². The Balaban J connectivity index is 2.05. The smallest absolute Gasteiger partial charge is 0.416 e. The highest BCUT2D eigenvalue weighted by Crippen LogP contribution is 2.39. The van der Waals surface area contributed by atoms with Crippen molar-refractivity contribution in [2.24, 2.45) is 0 Å². The summed E-state index contributed by atoms with van der Waals surface area (Å²) in [5, 5.41) is 9.95. The molecule has 0 amide bonds. The number of carbonyl (C=O) groups excluding carboxylic acids is 1. The number of benzene rings is 2. The number of Topliss-reactive ketones (excluding diaryl/α,β-unsaturated/α-hetero) is 1. The molecule has 1 unspecified atom stereocenters. The van der Waals surface area contributed by atoms with Crippen LogP contribution in [0.4, 0.5) is 13.2 Å². The van der Waals surface area contributed by atoms with Crippen molar-refractivity contribution in [3.63, 3.8) is 0 Å². The van der Waals surface area contributed by atoms with Crippen molar-refractivity contribution in [1.82, 2.24) is 0 Å². The molecule has 2 nitrogen and oxygen atoms in total. The van der Waals surface area contributed by atoms with Crippen LogP contribution in [0.5, 0.6) is 5.75 Å². The number of phenolic OH excluding ortho intramolecular Hbond substituents is 1. The van der Waals surface area contributed by atoms with Crippen LogP contribution in [0.1, 0.15) is 45.8 Å². The monoisotopic (exact) mass is 398 g/mol. The van der Waals surface area contributed by atoms with E-state index in [0.717, 1.165) is 24.1 Å². The summed E-state index contributed by atoms with van der Waals surface area (Å²) in [7, 11) is 0. The second-order valence-electron chi connectivity index (χ2n) is 5.88. The van der Waals surface area contributed by atoms with Crippen molar-refractivity contribution in [2.75, 3.05) is 0 Å². The lowest BCUT2D eigenvalue weighted by Gasteiger charge is -2.26. The molecule has 0 fully saturated rings. The SMILES string of the molecule is O=C(c1cc(Br)ccc1O)C1CCCc2ccc(C(F)(F)F)cc21. The molecule has 3 rings (SSSR count). The van der Waals surface area contributed by atoms with Gasteiger partial charge in [-0.15, -0.1) is 0 Å². The van der Waals surface area contributed by atoms with E-state index >= 15 is 0 Å². The van der Waals surface area contributed by atoms with Crippen molar-refractivity contribution in [1.29, 1.82) is 0 Å². The molecule has 1 atom stereocenters. The molecule has 2 aromatic rings. The number of fused-ring (bicyclic) bond motifs is 1. The average molecular weight is 399 g/mol. The molecule has 1 aliphatic rings. The Kier molecular flexibility index (Phi) is 4.42. The Morgan fingerprint density at radius 1 is 1.17 bits per heavy atom. The van der Waals surface area contributed by atoms with Crippen molar-refractivity contribution in [3.05, 3.63) is 63.1 Å². The third kappa shape index (κ3) is 3.20. The largest absolute Gasteiger partial charge is 0.507 e. The van der Waals surface area contributed by atoms with E-state index in [0.29, 0.717) is 22.9 Å². The average Bonchev–Trinajstić information content (AvgIpc) is 2.54. The second-order valence-corrected chi connectivity index (χ2v) is 6.80. The Hall–Kier alpha value is -1.82. The maximum Gasteiger partial charge on any atom is 0.416 e. The lowest BCUT2D eigenvalue weighted by Crippen LogP contribution is -2.20. The minimum absolute atomic E-state index is 0.125. The van der Waals surface area contributed by atoms with Crippen LogP contribution in [0.25, 0.3) is 0 Å². The fourth-order valence-electron chi connectivity index (χ4n) is 3.14.